The molecule has 1 heterocycles. The highest BCUT2D eigenvalue weighted by Gasteiger charge is 2.26. The number of benzene rings is 1. The second-order valence-corrected chi connectivity index (χ2v) is 7.22. The first-order valence-electron chi connectivity index (χ1n) is 7.51. The van der Waals surface area contributed by atoms with Gasteiger partial charge in [0.1, 0.15) is 5.75 Å². The zero-order chi connectivity index (χ0) is 17.6. The van der Waals surface area contributed by atoms with Gasteiger partial charge in [-0.1, -0.05) is 0 Å². The van der Waals surface area contributed by atoms with Crippen molar-refractivity contribution in [1.29, 1.82) is 0 Å². The van der Waals surface area contributed by atoms with E-state index in [0.717, 1.165) is 5.56 Å². The molecule has 6 nitrogen and oxygen atoms in total. The Labute approximate surface area is 143 Å². The van der Waals surface area contributed by atoms with Crippen molar-refractivity contribution >= 4 is 10.0 Å². The zero-order valence-electron chi connectivity index (χ0n) is 14.1. The van der Waals surface area contributed by atoms with Crippen LogP contribution < -0.4 is 4.74 Å². The minimum absolute atomic E-state index is 0.264. The summed E-state index contributed by atoms with van der Waals surface area (Å²) in [5.74, 6) is 0.629. The summed E-state index contributed by atoms with van der Waals surface area (Å²) < 4.78 is 37.8. The number of ether oxygens (including phenoxy) is 2. The summed E-state index contributed by atoms with van der Waals surface area (Å²) in [5.41, 5.74) is 1.52. The van der Waals surface area contributed by atoms with E-state index in [1.54, 1.807) is 63.9 Å². The number of hydrogen-bond acceptors (Lipinski definition) is 5. The van der Waals surface area contributed by atoms with Gasteiger partial charge >= 0.3 is 0 Å². The van der Waals surface area contributed by atoms with Gasteiger partial charge in [0, 0.05) is 32.6 Å². The lowest BCUT2D eigenvalue weighted by atomic mass is 10.2. The van der Waals surface area contributed by atoms with E-state index in [4.69, 9.17) is 9.47 Å². The molecule has 0 aliphatic rings. The lowest BCUT2D eigenvalue weighted by Crippen LogP contribution is -2.34. The van der Waals surface area contributed by atoms with Gasteiger partial charge in [0.2, 0.25) is 10.0 Å². The Morgan fingerprint density at radius 1 is 1.12 bits per heavy atom. The van der Waals surface area contributed by atoms with Crippen LogP contribution in [0.5, 0.6) is 5.75 Å². The van der Waals surface area contributed by atoms with Gasteiger partial charge < -0.3 is 9.47 Å². The Bertz CT molecular complexity index is 763. The van der Waals surface area contributed by atoms with Crippen LogP contribution >= 0.6 is 0 Å². The third-order valence-electron chi connectivity index (χ3n) is 3.65. The van der Waals surface area contributed by atoms with Gasteiger partial charge in [0.25, 0.3) is 0 Å². The average Bonchev–Trinajstić information content (AvgIpc) is 2.58. The molecule has 0 fully saturated rings. The van der Waals surface area contributed by atoms with Gasteiger partial charge in [-0.3, -0.25) is 4.98 Å². The maximum absolute atomic E-state index is 13.1. The van der Waals surface area contributed by atoms with Crippen LogP contribution in [0.1, 0.15) is 11.1 Å². The van der Waals surface area contributed by atoms with Gasteiger partial charge in [-0.15, -0.1) is 0 Å². The van der Waals surface area contributed by atoms with Crippen LogP contribution in [0, 0.1) is 6.92 Å². The number of aromatic nitrogens is 1. The molecule has 0 bridgehead atoms. The monoisotopic (exact) mass is 350 g/mol. The van der Waals surface area contributed by atoms with Crippen LogP contribution in [0.25, 0.3) is 0 Å². The van der Waals surface area contributed by atoms with Crippen LogP contribution in [-0.2, 0) is 21.3 Å². The molecule has 0 atom stereocenters. The van der Waals surface area contributed by atoms with Crippen molar-refractivity contribution in [3.05, 3.63) is 53.9 Å². The summed E-state index contributed by atoms with van der Waals surface area (Å²) in [6.45, 7) is 2.61. The molecule has 2 rings (SSSR count). The summed E-state index contributed by atoms with van der Waals surface area (Å²) in [5, 5.41) is 0. The topological polar surface area (TPSA) is 68.7 Å². The SMILES string of the molecule is COCCN(Cc1ccncc1)S(=O)(=O)c1ccc(OC)cc1C. The third-order valence-corrected chi connectivity index (χ3v) is 5.66. The largest absolute Gasteiger partial charge is 0.497 e. The molecule has 0 aliphatic carbocycles. The number of rotatable bonds is 8. The molecule has 24 heavy (non-hydrogen) atoms. The lowest BCUT2D eigenvalue weighted by Gasteiger charge is -2.23. The van der Waals surface area contributed by atoms with E-state index in [9.17, 15) is 8.42 Å². The minimum Gasteiger partial charge on any atom is -0.497 e. The molecular formula is C17H22N2O4S. The van der Waals surface area contributed by atoms with E-state index in [1.807, 2.05) is 0 Å². The molecule has 0 amide bonds. The molecule has 0 spiro atoms. The van der Waals surface area contributed by atoms with E-state index in [1.165, 1.54) is 4.31 Å². The normalized spacial score (nSPS) is 11.7. The van der Waals surface area contributed by atoms with Crippen LogP contribution in [0.3, 0.4) is 0 Å². The standard InChI is InChI=1S/C17H22N2O4S/c1-14-12-16(23-3)4-5-17(14)24(20,21)19(10-11-22-2)13-15-6-8-18-9-7-15/h4-9,12H,10-11,13H2,1-3H3. The highest BCUT2D eigenvalue weighted by atomic mass is 32.2. The van der Waals surface area contributed by atoms with Gasteiger partial charge in [-0.2, -0.15) is 4.31 Å². The lowest BCUT2D eigenvalue weighted by molar-refractivity contribution is 0.177. The molecule has 130 valence electrons. The van der Waals surface area contributed by atoms with Gasteiger partial charge in [0.05, 0.1) is 18.6 Å². The molecule has 1 aromatic carbocycles. The zero-order valence-corrected chi connectivity index (χ0v) is 14.9. The number of pyridine rings is 1. The van der Waals surface area contributed by atoms with E-state index < -0.39 is 10.0 Å². The number of sulfonamides is 1. The molecule has 2 aromatic rings. The second-order valence-electron chi connectivity index (χ2n) is 5.32. The summed E-state index contributed by atoms with van der Waals surface area (Å²) in [6, 6.07) is 8.55. The van der Waals surface area contributed by atoms with Crippen LogP contribution in [-0.4, -0.2) is 45.1 Å². The van der Waals surface area contributed by atoms with Crippen molar-refractivity contribution in [2.24, 2.45) is 0 Å². The summed E-state index contributed by atoms with van der Waals surface area (Å²) in [7, 11) is -0.545. The Balaban J connectivity index is 2.36. The Morgan fingerprint density at radius 2 is 1.83 bits per heavy atom. The summed E-state index contributed by atoms with van der Waals surface area (Å²) in [4.78, 5) is 4.23. The van der Waals surface area contributed by atoms with Gasteiger partial charge in [0.15, 0.2) is 0 Å². The fraction of sp³-hybridized carbons (Fsp3) is 0.353. The molecule has 0 saturated heterocycles. The van der Waals surface area contributed by atoms with Gasteiger partial charge in [-0.25, -0.2) is 8.42 Å². The van der Waals surface area contributed by atoms with Crippen LogP contribution in [0.15, 0.2) is 47.6 Å². The molecule has 0 unspecified atom stereocenters. The van der Waals surface area contributed by atoms with E-state index in [-0.39, 0.29) is 18.0 Å². The maximum atomic E-state index is 13.1. The van der Waals surface area contributed by atoms with Crippen molar-refractivity contribution in [3.63, 3.8) is 0 Å². The fourth-order valence-corrected chi connectivity index (χ4v) is 3.96. The minimum atomic E-state index is -3.65. The smallest absolute Gasteiger partial charge is 0.243 e. The predicted molar refractivity (Wildman–Crippen MR) is 91.4 cm³/mol. The quantitative estimate of drug-likeness (QED) is 0.730. The molecule has 0 saturated carbocycles. The summed E-state index contributed by atoms with van der Waals surface area (Å²) >= 11 is 0. The Kier molecular flexibility index (Phi) is 6.30. The molecular weight excluding hydrogens is 328 g/mol. The summed E-state index contributed by atoms with van der Waals surface area (Å²) in [6.07, 6.45) is 3.30. The molecule has 1 aromatic heterocycles. The maximum Gasteiger partial charge on any atom is 0.243 e. The first-order chi connectivity index (χ1) is 11.5. The number of methoxy groups -OCH3 is 2. The Morgan fingerprint density at radius 3 is 2.42 bits per heavy atom. The van der Waals surface area contributed by atoms with E-state index >= 15 is 0 Å². The molecule has 0 radical (unpaired) electrons. The average molecular weight is 350 g/mol. The van der Waals surface area contributed by atoms with Crippen LogP contribution in [0.4, 0.5) is 0 Å². The molecule has 0 aliphatic heterocycles. The second kappa shape index (κ2) is 8.23. The number of hydrogen-bond donors (Lipinski definition) is 0. The van der Waals surface area contributed by atoms with E-state index in [0.29, 0.717) is 17.9 Å². The highest BCUT2D eigenvalue weighted by molar-refractivity contribution is 7.89. The van der Waals surface area contributed by atoms with Crippen LogP contribution in [0.2, 0.25) is 0 Å². The first kappa shape index (κ1) is 18.4. The Hall–Kier alpha value is -1.96. The van der Waals surface area contributed by atoms with Crippen molar-refractivity contribution in [1.82, 2.24) is 9.29 Å². The first-order valence-corrected chi connectivity index (χ1v) is 8.95. The highest BCUT2D eigenvalue weighted by Crippen LogP contribution is 2.25. The fourth-order valence-electron chi connectivity index (χ4n) is 2.35. The van der Waals surface area contributed by atoms with Gasteiger partial charge in [-0.05, 0) is 48.4 Å². The number of nitrogens with zero attached hydrogens (tertiary/aromatic N) is 2. The molecule has 0 N–H and O–H groups in total. The predicted octanol–water partition coefficient (Wildman–Crippen LogP) is 2.24. The molecule has 7 heteroatoms. The number of aryl methyl sites for hydroxylation is 1. The van der Waals surface area contributed by atoms with Crippen molar-refractivity contribution in [2.45, 2.75) is 18.4 Å². The van der Waals surface area contributed by atoms with Crippen molar-refractivity contribution < 1.29 is 17.9 Å². The third kappa shape index (κ3) is 4.31. The van der Waals surface area contributed by atoms with Crippen molar-refractivity contribution in [2.75, 3.05) is 27.4 Å². The van der Waals surface area contributed by atoms with E-state index in [2.05, 4.69) is 4.98 Å². The van der Waals surface area contributed by atoms with Crippen molar-refractivity contribution in [3.8, 4) is 5.75 Å².